The first-order valence-electron chi connectivity index (χ1n) is 10.0. The Labute approximate surface area is 189 Å². The van der Waals surface area contributed by atoms with Crippen molar-refractivity contribution in [3.63, 3.8) is 0 Å². The van der Waals surface area contributed by atoms with Crippen LogP contribution in [0, 0.1) is 11.3 Å². The number of morpholine rings is 1. The largest absolute Gasteiger partial charge is 0.374 e. The van der Waals surface area contributed by atoms with Crippen molar-refractivity contribution in [2.45, 2.75) is 47.1 Å². The summed E-state index contributed by atoms with van der Waals surface area (Å²) in [4.78, 5) is 7.13. The van der Waals surface area contributed by atoms with Gasteiger partial charge in [-0.05, 0) is 24.7 Å². The standard InChI is InChI=1S/C19H40N4O3S.HI/c1-7-20-18(22-15-19(4,5)8-11-27(6,24)25)21-12-17-14-23(9-10-26-17)13-16(2)3;/h16-17H,7-15H2,1-6H3,(H2,20,21,22);1H. The Kier molecular flexibility index (Phi) is 13.2. The lowest BCUT2D eigenvalue weighted by Crippen LogP contribution is -2.50. The van der Waals surface area contributed by atoms with Crippen LogP contribution < -0.4 is 10.6 Å². The van der Waals surface area contributed by atoms with Crippen molar-refractivity contribution in [3.8, 4) is 0 Å². The first-order valence-corrected chi connectivity index (χ1v) is 12.1. The van der Waals surface area contributed by atoms with Gasteiger partial charge in [-0.25, -0.2) is 8.42 Å². The monoisotopic (exact) mass is 532 g/mol. The first-order chi connectivity index (χ1) is 12.5. The quantitative estimate of drug-likeness (QED) is 0.255. The summed E-state index contributed by atoms with van der Waals surface area (Å²) in [6.45, 7) is 16.5. The normalized spacial score (nSPS) is 19.4. The van der Waals surface area contributed by atoms with E-state index in [2.05, 4.69) is 48.2 Å². The van der Waals surface area contributed by atoms with Crippen molar-refractivity contribution in [1.29, 1.82) is 0 Å². The van der Waals surface area contributed by atoms with Crippen LogP contribution in [0.15, 0.2) is 4.99 Å². The summed E-state index contributed by atoms with van der Waals surface area (Å²) in [5, 5.41) is 6.64. The SMILES string of the molecule is CCNC(=NCC(C)(C)CCS(C)(=O)=O)NCC1CN(CC(C)C)CCO1.I. The van der Waals surface area contributed by atoms with Crippen LogP contribution in [0.25, 0.3) is 0 Å². The lowest BCUT2D eigenvalue weighted by molar-refractivity contribution is -0.0284. The molecule has 1 fully saturated rings. The lowest BCUT2D eigenvalue weighted by atomic mass is 9.90. The predicted octanol–water partition coefficient (Wildman–Crippen LogP) is 1.98. The van der Waals surface area contributed by atoms with Crippen LogP contribution >= 0.6 is 24.0 Å². The van der Waals surface area contributed by atoms with Gasteiger partial charge < -0.3 is 15.4 Å². The van der Waals surface area contributed by atoms with Crippen LogP contribution in [0.4, 0.5) is 0 Å². The maximum absolute atomic E-state index is 11.4. The number of guanidine groups is 1. The molecule has 0 aliphatic carbocycles. The molecular weight excluding hydrogens is 491 g/mol. The average molecular weight is 533 g/mol. The zero-order valence-electron chi connectivity index (χ0n) is 18.5. The van der Waals surface area contributed by atoms with E-state index >= 15 is 0 Å². The number of hydrogen-bond acceptors (Lipinski definition) is 5. The second kappa shape index (κ2) is 13.2. The Morgan fingerprint density at radius 2 is 2.00 bits per heavy atom. The molecule has 1 aliphatic heterocycles. The van der Waals surface area contributed by atoms with Gasteiger partial charge in [0.05, 0.1) is 18.5 Å². The van der Waals surface area contributed by atoms with E-state index in [0.29, 0.717) is 25.4 Å². The molecule has 28 heavy (non-hydrogen) atoms. The summed E-state index contributed by atoms with van der Waals surface area (Å²) >= 11 is 0. The number of nitrogens with zero attached hydrogens (tertiary/aromatic N) is 2. The van der Waals surface area contributed by atoms with Gasteiger partial charge in [-0.3, -0.25) is 9.89 Å². The first kappa shape index (κ1) is 27.9. The van der Waals surface area contributed by atoms with E-state index in [0.717, 1.165) is 38.7 Å². The van der Waals surface area contributed by atoms with Gasteiger partial charge in [-0.2, -0.15) is 0 Å². The minimum atomic E-state index is -2.95. The van der Waals surface area contributed by atoms with E-state index in [4.69, 9.17) is 4.74 Å². The van der Waals surface area contributed by atoms with E-state index in [-0.39, 0.29) is 41.2 Å². The summed E-state index contributed by atoms with van der Waals surface area (Å²) in [6, 6.07) is 0. The van der Waals surface area contributed by atoms with Crippen molar-refractivity contribution < 1.29 is 13.2 Å². The summed E-state index contributed by atoms with van der Waals surface area (Å²) < 4.78 is 28.7. The number of rotatable bonds is 10. The molecule has 0 bridgehead atoms. The zero-order chi connectivity index (χ0) is 20.5. The molecule has 0 radical (unpaired) electrons. The number of hydrogen-bond donors (Lipinski definition) is 2. The van der Waals surface area contributed by atoms with Crippen molar-refractivity contribution >= 4 is 39.8 Å². The number of ether oxygens (including phenoxy) is 1. The molecule has 1 atom stereocenters. The molecule has 9 heteroatoms. The highest BCUT2D eigenvalue weighted by atomic mass is 127. The van der Waals surface area contributed by atoms with Crippen LogP contribution in [-0.2, 0) is 14.6 Å². The maximum Gasteiger partial charge on any atom is 0.191 e. The van der Waals surface area contributed by atoms with Gasteiger partial charge in [-0.15, -0.1) is 24.0 Å². The van der Waals surface area contributed by atoms with Crippen LogP contribution in [0.1, 0.15) is 41.0 Å². The van der Waals surface area contributed by atoms with Crippen molar-refractivity contribution in [2.24, 2.45) is 16.3 Å². The fourth-order valence-electron chi connectivity index (χ4n) is 2.97. The molecule has 1 rings (SSSR count). The van der Waals surface area contributed by atoms with E-state index in [9.17, 15) is 8.42 Å². The molecule has 0 amide bonds. The molecular formula is C19H41IN4O3S. The predicted molar refractivity (Wildman–Crippen MR) is 129 cm³/mol. The third-order valence-corrected chi connectivity index (χ3v) is 5.45. The van der Waals surface area contributed by atoms with Crippen molar-refractivity contribution in [1.82, 2.24) is 15.5 Å². The summed E-state index contributed by atoms with van der Waals surface area (Å²) in [7, 11) is -2.95. The number of nitrogens with one attached hydrogen (secondary N) is 2. The molecule has 168 valence electrons. The number of sulfone groups is 1. The van der Waals surface area contributed by atoms with Crippen molar-refractivity contribution in [2.75, 3.05) is 57.9 Å². The molecule has 1 unspecified atom stereocenters. The highest BCUT2D eigenvalue weighted by Gasteiger charge is 2.22. The zero-order valence-corrected chi connectivity index (χ0v) is 21.6. The summed E-state index contributed by atoms with van der Waals surface area (Å²) in [6.07, 6.45) is 2.04. The Morgan fingerprint density at radius 3 is 2.57 bits per heavy atom. The molecule has 0 aromatic rings. The van der Waals surface area contributed by atoms with Crippen LogP contribution in [0.2, 0.25) is 0 Å². The minimum Gasteiger partial charge on any atom is -0.374 e. The third kappa shape index (κ3) is 13.2. The topological polar surface area (TPSA) is 83.0 Å². The molecule has 0 saturated carbocycles. The molecule has 0 spiro atoms. The summed E-state index contributed by atoms with van der Waals surface area (Å²) in [5.41, 5.74) is -0.166. The molecule has 1 heterocycles. The number of aliphatic imine (C=N–C) groups is 1. The Morgan fingerprint density at radius 1 is 1.32 bits per heavy atom. The van der Waals surface area contributed by atoms with Gasteiger partial charge in [0.1, 0.15) is 9.84 Å². The lowest BCUT2D eigenvalue weighted by Gasteiger charge is -2.34. The van der Waals surface area contributed by atoms with Gasteiger partial charge in [0.15, 0.2) is 5.96 Å². The fourth-order valence-corrected chi connectivity index (χ4v) is 3.90. The van der Waals surface area contributed by atoms with Gasteiger partial charge in [0, 0.05) is 45.5 Å². The Hall–Kier alpha value is -0.130. The molecule has 0 aromatic carbocycles. The molecule has 1 saturated heterocycles. The number of halogens is 1. The summed E-state index contributed by atoms with van der Waals surface area (Å²) in [5.74, 6) is 1.61. The molecule has 0 aromatic heterocycles. The molecule has 1 aliphatic rings. The van der Waals surface area contributed by atoms with E-state index in [1.165, 1.54) is 6.26 Å². The highest BCUT2D eigenvalue weighted by molar-refractivity contribution is 14.0. The van der Waals surface area contributed by atoms with Crippen LogP contribution in [0.5, 0.6) is 0 Å². The van der Waals surface area contributed by atoms with E-state index in [1.807, 2.05) is 6.92 Å². The smallest absolute Gasteiger partial charge is 0.191 e. The Bertz CT molecular complexity index is 568. The molecule has 7 nitrogen and oxygen atoms in total. The maximum atomic E-state index is 11.4. The van der Waals surface area contributed by atoms with Crippen LogP contribution in [-0.4, -0.2) is 83.3 Å². The van der Waals surface area contributed by atoms with Crippen molar-refractivity contribution in [3.05, 3.63) is 0 Å². The van der Waals surface area contributed by atoms with Gasteiger partial charge in [0.2, 0.25) is 0 Å². The Balaban J connectivity index is 0.00000729. The van der Waals surface area contributed by atoms with Gasteiger partial charge in [0.25, 0.3) is 0 Å². The average Bonchev–Trinajstić information content (AvgIpc) is 2.55. The second-order valence-corrected chi connectivity index (χ2v) is 11.0. The van der Waals surface area contributed by atoms with Crippen LogP contribution in [0.3, 0.4) is 0 Å². The molecule has 2 N–H and O–H groups in total. The minimum absolute atomic E-state index is 0. The van der Waals surface area contributed by atoms with Gasteiger partial charge >= 0.3 is 0 Å². The fraction of sp³-hybridized carbons (Fsp3) is 0.947. The van der Waals surface area contributed by atoms with Gasteiger partial charge in [-0.1, -0.05) is 27.7 Å². The second-order valence-electron chi connectivity index (χ2n) is 8.77. The van der Waals surface area contributed by atoms with E-state index in [1.54, 1.807) is 0 Å². The van der Waals surface area contributed by atoms with E-state index < -0.39 is 9.84 Å². The third-order valence-electron chi connectivity index (χ3n) is 4.50. The highest BCUT2D eigenvalue weighted by Crippen LogP contribution is 2.21.